The van der Waals surface area contributed by atoms with Crippen LogP contribution in [0.5, 0.6) is 0 Å². The summed E-state index contributed by atoms with van der Waals surface area (Å²) in [7, 11) is 0. The minimum Gasteiger partial charge on any atom is -0.458 e. The zero-order chi connectivity index (χ0) is 19.4. The van der Waals surface area contributed by atoms with E-state index in [1.807, 2.05) is 45.0 Å². The van der Waals surface area contributed by atoms with E-state index < -0.39 is 17.5 Å². The van der Waals surface area contributed by atoms with Gasteiger partial charge in [0.15, 0.2) is 11.4 Å². The first kappa shape index (κ1) is 17.3. The van der Waals surface area contributed by atoms with E-state index in [1.165, 1.54) is 0 Å². The van der Waals surface area contributed by atoms with Crippen molar-refractivity contribution in [2.75, 3.05) is 0 Å². The van der Waals surface area contributed by atoms with E-state index in [9.17, 15) is 9.59 Å². The molecule has 2 aromatic heterocycles. The van der Waals surface area contributed by atoms with Gasteiger partial charge in [-0.25, -0.2) is 4.79 Å². The van der Waals surface area contributed by atoms with Crippen molar-refractivity contribution in [2.45, 2.75) is 45.2 Å². The maximum Gasteiger partial charge on any atom is 0.325 e. The van der Waals surface area contributed by atoms with Crippen molar-refractivity contribution in [1.29, 1.82) is 0 Å². The SMILES string of the molecule is CC(C)(C)c1nc(CN2C(=O)N[C@@](C)(c3cc4ccccc4o3)C2=O)no1. The maximum absolute atomic E-state index is 13.0. The fraction of sp³-hybridized carbons (Fsp3) is 0.368. The number of hydrogen-bond acceptors (Lipinski definition) is 6. The third kappa shape index (κ3) is 2.77. The molecule has 0 bridgehead atoms. The van der Waals surface area contributed by atoms with Gasteiger partial charge in [-0.1, -0.05) is 44.1 Å². The largest absolute Gasteiger partial charge is 0.458 e. The van der Waals surface area contributed by atoms with E-state index in [0.717, 1.165) is 10.3 Å². The first-order chi connectivity index (χ1) is 12.7. The number of fused-ring (bicyclic) bond motifs is 1. The first-order valence-corrected chi connectivity index (χ1v) is 8.65. The molecule has 1 N–H and O–H groups in total. The van der Waals surface area contributed by atoms with Crippen molar-refractivity contribution in [3.05, 3.63) is 47.8 Å². The number of benzene rings is 1. The Bertz CT molecular complexity index is 1010. The predicted octanol–water partition coefficient (Wildman–Crippen LogP) is 3.08. The Morgan fingerprint density at radius 3 is 2.63 bits per heavy atom. The number of imide groups is 1. The highest BCUT2D eigenvalue weighted by Crippen LogP contribution is 2.33. The van der Waals surface area contributed by atoms with Crippen molar-refractivity contribution in [2.24, 2.45) is 0 Å². The Labute approximate surface area is 155 Å². The van der Waals surface area contributed by atoms with E-state index >= 15 is 0 Å². The van der Waals surface area contributed by atoms with Crippen LogP contribution in [0.4, 0.5) is 4.79 Å². The standard InChI is InChI=1S/C19H20N4O4/c1-18(2,3)15-20-14(22-27-15)10-23-16(24)19(4,21-17(23)25)13-9-11-7-5-6-8-12(11)26-13/h5-9H,10H2,1-4H3,(H,21,25)/t19-/m0/s1. The molecule has 0 saturated carbocycles. The number of carbonyl (C=O) groups is 2. The third-order valence-corrected chi connectivity index (χ3v) is 4.60. The van der Waals surface area contributed by atoms with Crippen LogP contribution in [-0.2, 0) is 22.3 Å². The molecular formula is C19H20N4O4. The van der Waals surface area contributed by atoms with Crippen molar-refractivity contribution >= 4 is 22.9 Å². The van der Waals surface area contributed by atoms with Gasteiger partial charge in [-0.05, 0) is 19.1 Å². The molecule has 3 heterocycles. The van der Waals surface area contributed by atoms with Gasteiger partial charge < -0.3 is 14.3 Å². The molecule has 4 rings (SSSR count). The number of rotatable bonds is 3. The minimum atomic E-state index is -1.29. The molecule has 0 unspecified atom stereocenters. The number of nitrogens with zero attached hydrogens (tertiary/aromatic N) is 3. The Balaban J connectivity index is 1.62. The van der Waals surface area contributed by atoms with Gasteiger partial charge >= 0.3 is 6.03 Å². The second-order valence-corrected chi connectivity index (χ2v) is 7.86. The summed E-state index contributed by atoms with van der Waals surface area (Å²) in [4.78, 5) is 30.9. The number of amides is 3. The molecule has 1 aliphatic heterocycles. The summed E-state index contributed by atoms with van der Waals surface area (Å²) < 4.78 is 11.0. The molecule has 3 amide bonds. The van der Waals surface area contributed by atoms with Crippen LogP contribution < -0.4 is 5.32 Å². The quantitative estimate of drug-likeness (QED) is 0.713. The zero-order valence-electron chi connectivity index (χ0n) is 15.6. The van der Waals surface area contributed by atoms with Gasteiger partial charge in [-0.3, -0.25) is 9.69 Å². The number of para-hydroxylation sites is 1. The lowest BCUT2D eigenvalue weighted by Gasteiger charge is -2.18. The van der Waals surface area contributed by atoms with Gasteiger partial charge in [-0.2, -0.15) is 4.98 Å². The summed E-state index contributed by atoms with van der Waals surface area (Å²) in [6.45, 7) is 7.38. The predicted molar refractivity (Wildman–Crippen MR) is 95.6 cm³/mol. The topological polar surface area (TPSA) is 101 Å². The highest BCUT2D eigenvalue weighted by atomic mass is 16.5. The van der Waals surface area contributed by atoms with Gasteiger partial charge in [0.1, 0.15) is 11.3 Å². The molecular weight excluding hydrogens is 348 g/mol. The van der Waals surface area contributed by atoms with Crippen LogP contribution in [0.25, 0.3) is 11.0 Å². The lowest BCUT2D eigenvalue weighted by atomic mass is 9.97. The first-order valence-electron chi connectivity index (χ1n) is 8.65. The number of hydrogen-bond donors (Lipinski definition) is 1. The van der Waals surface area contributed by atoms with Crippen molar-refractivity contribution in [1.82, 2.24) is 20.4 Å². The lowest BCUT2D eigenvalue weighted by Crippen LogP contribution is -2.40. The van der Waals surface area contributed by atoms with Crippen LogP contribution in [0.3, 0.4) is 0 Å². The van der Waals surface area contributed by atoms with E-state index in [4.69, 9.17) is 8.94 Å². The van der Waals surface area contributed by atoms with Crippen molar-refractivity contribution < 1.29 is 18.5 Å². The fourth-order valence-electron chi connectivity index (χ4n) is 3.00. The zero-order valence-corrected chi connectivity index (χ0v) is 15.6. The molecule has 1 atom stereocenters. The van der Waals surface area contributed by atoms with Crippen LogP contribution in [0, 0.1) is 0 Å². The lowest BCUT2D eigenvalue weighted by molar-refractivity contribution is -0.132. The molecule has 1 fully saturated rings. The average molecular weight is 368 g/mol. The van der Waals surface area contributed by atoms with Crippen molar-refractivity contribution in [3.63, 3.8) is 0 Å². The maximum atomic E-state index is 13.0. The Morgan fingerprint density at radius 2 is 1.96 bits per heavy atom. The van der Waals surface area contributed by atoms with Crippen molar-refractivity contribution in [3.8, 4) is 0 Å². The van der Waals surface area contributed by atoms with Gasteiger partial charge in [0.2, 0.25) is 5.89 Å². The molecule has 27 heavy (non-hydrogen) atoms. The Hall–Kier alpha value is -3.16. The van der Waals surface area contributed by atoms with Crippen LogP contribution in [0.15, 0.2) is 39.3 Å². The number of carbonyl (C=O) groups excluding carboxylic acids is 2. The number of urea groups is 1. The molecule has 8 nitrogen and oxygen atoms in total. The summed E-state index contributed by atoms with van der Waals surface area (Å²) in [5.74, 6) is 0.684. The second kappa shape index (κ2) is 5.67. The molecule has 8 heteroatoms. The fourth-order valence-corrected chi connectivity index (χ4v) is 3.00. The molecule has 0 aliphatic carbocycles. The molecule has 1 saturated heterocycles. The molecule has 3 aromatic rings. The highest BCUT2D eigenvalue weighted by molar-refractivity contribution is 6.07. The van der Waals surface area contributed by atoms with Crippen LogP contribution in [0.1, 0.15) is 45.2 Å². The molecule has 0 radical (unpaired) electrons. The number of nitrogens with one attached hydrogen (secondary N) is 1. The second-order valence-electron chi connectivity index (χ2n) is 7.86. The molecule has 1 aliphatic rings. The van der Waals surface area contributed by atoms with E-state index in [-0.39, 0.29) is 17.8 Å². The monoisotopic (exact) mass is 368 g/mol. The third-order valence-electron chi connectivity index (χ3n) is 4.60. The highest BCUT2D eigenvalue weighted by Gasteiger charge is 2.51. The van der Waals surface area contributed by atoms with Gasteiger partial charge in [0.05, 0.1) is 6.54 Å². The molecule has 0 spiro atoms. The van der Waals surface area contributed by atoms with E-state index in [2.05, 4.69) is 15.5 Å². The average Bonchev–Trinajstić information content (AvgIpc) is 3.29. The van der Waals surface area contributed by atoms with Gasteiger partial charge in [0, 0.05) is 10.8 Å². The Kier molecular flexibility index (Phi) is 3.62. The summed E-state index contributed by atoms with van der Waals surface area (Å²) in [5.41, 5.74) is -0.944. The van der Waals surface area contributed by atoms with Gasteiger partial charge in [-0.15, -0.1) is 0 Å². The summed E-state index contributed by atoms with van der Waals surface area (Å²) in [5, 5.41) is 7.47. The number of furan rings is 1. The number of aromatic nitrogens is 2. The smallest absolute Gasteiger partial charge is 0.325 e. The van der Waals surface area contributed by atoms with Crippen LogP contribution in [0.2, 0.25) is 0 Å². The summed E-state index contributed by atoms with van der Waals surface area (Å²) >= 11 is 0. The molecule has 140 valence electrons. The van der Waals surface area contributed by atoms with Crippen LogP contribution in [-0.4, -0.2) is 27.0 Å². The summed E-state index contributed by atoms with van der Waals surface area (Å²) in [6, 6.07) is 8.68. The minimum absolute atomic E-state index is 0.0694. The van der Waals surface area contributed by atoms with Gasteiger partial charge in [0.25, 0.3) is 5.91 Å². The summed E-state index contributed by atoms with van der Waals surface area (Å²) in [6.07, 6.45) is 0. The Morgan fingerprint density at radius 1 is 1.22 bits per heavy atom. The van der Waals surface area contributed by atoms with Crippen LogP contribution >= 0.6 is 0 Å². The normalized spacial score (nSPS) is 20.5. The van der Waals surface area contributed by atoms with E-state index in [0.29, 0.717) is 17.2 Å². The van der Waals surface area contributed by atoms with E-state index in [1.54, 1.807) is 13.0 Å². The molecule has 1 aromatic carbocycles.